The van der Waals surface area contributed by atoms with E-state index in [2.05, 4.69) is 42.3 Å². The summed E-state index contributed by atoms with van der Waals surface area (Å²) in [5, 5.41) is 4.63. The molecule has 0 unspecified atom stereocenters. The van der Waals surface area contributed by atoms with E-state index in [4.69, 9.17) is 4.74 Å². The van der Waals surface area contributed by atoms with E-state index < -0.39 is 0 Å². The molecule has 1 aromatic carbocycles. The van der Waals surface area contributed by atoms with Crippen molar-refractivity contribution in [3.63, 3.8) is 0 Å². The molecule has 1 aromatic heterocycles. The number of hydrogen-bond acceptors (Lipinski definition) is 3. The standard InChI is InChI=1S/C18H27N3O/c1-6-11-20(4)12-16-13-21(5)19-18(16)15-7-9-17(10-8-15)22-14(2)3/h7-10,13-14H,6,11-12H2,1-5H3. The lowest BCUT2D eigenvalue weighted by atomic mass is 10.1. The van der Waals surface area contributed by atoms with E-state index in [1.54, 1.807) is 0 Å². The van der Waals surface area contributed by atoms with E-state index in [-0.39, 0.29) is 6.10 Å². The molecular weight excluding hydrogens is 274 g/mol. The van der Waals surface area contributed by atoms with E-state index in [9.17, 15) is 0 Å². The van der Waals surface area contributed by atoms with Crippen molar-refractivity contribution in [2.75, 3.05) is 13.6 Å². The maximum atomic E-state index is 5.70. The van der Waals surface area contributed by atoms with Crippen LogP contribution in [-0.2, 0) is 13.6 Å². The smallest absolute Gasteiger partial charge is 0.119 e. The second-order valence-corrected chi connectivity index (χ2v) is 6.11. The van der Waals surface area contributed by atoms with Gasteiger partial charge in [-0.15, -0.1) is 0 Å². The Morgan fingerprint density at radius 1 is 1.23 bits per heavy atom. The highest BCUT2D eigenvalue weighted by atomic mass is 16.5. The Balaban J connectivity index is 2.21. The number of ether oxygens (including phenoxy) is 1. The molecule has 22 heavy (non-hydrogen) atoms. The van der Waals surface area contributed by atoms with Crippen molar-refractivity contribution < 1.29 is 4.74 Å². The molecule has 0 amide bonds. The fourth-order valence-electron chi connectivity index (χ4n) is 2.61. The van der Waals surface area contributed by atoms with Crippen LogP contribution in [0.25, 0.3) is 11.3 Å². The van der Waals surface area contributed by atoms with Crippen LogP contribution in [0.2, 0.25) is 0 Å². The Labute approximate surface area is 133 Å². The molecule has 0 aliphatic heterocycles. The van der Waals surface area contributed by atoms with Crippen molar-refractivity contribution in [3.8, 4) is 17.0 Å². The van der Waals surface area contributed by atoms with E-state index in [1.165, 1.54) is 5.56 Å². The summed E-state index contributed by atoms with van der Waals surface area (Å²) in [6, 6.07) is 8.21. The third kappa shape index (κ3) is 4.34. The summed E-state index contributed by atoms with van der Waals surface area (Å²) in [5.74, 6) is 0.902. The van der Waals surface area contributed by atoms with Crippen LogP contribution in [0.4, 0.5) is 0 Å². The molecule has 2 rings (SSSR count). The van der Waals surface area contributed by atoms with Gasteiger partial charge in [0.1, 0.15) is 5.75 Å². The maximum absolute atomic E-state index is 5.70. The number of hydrogen-bond donors (Lipinski definition) is 0. The van der Waals surface area contributed by atoms with Gasteiger partial charge in [0.15, 0.2) is 0 Å². The average molecular weight is 301 g/mol. The molecular formula is C18H27N3O. The fourth-order valence-corrected chi connectivity index (χ4v) is 2.61. The zero-order valence-corrected chi connectivity index (χ0v) is 14.3. The summed E-state index contributed by atoms with van der Waals surface area (Å²) in [7, 11) is 4.13. The predicted octanol–water partition coefficient (Wildman–Crippen LogP) is 3.72. The minimum Gasteiger partial charge on any atom is -0.491 e. The average Bonchev–Trinajstić information content (AvgIpc) is 2.80. The molecule has 2 aromatic rings. The first-order valence-corrected chi connectivity index (χ1v) is 7.97. The highest BCUT2D eigenvalue weighted by molar-refractivity contribution is 5.63. The molecule has 4 nitrogen and oxygen atoms in total. The van der Waals surface area contributed by atoms with Gasteiger partial charge in [0.05, 0.1) is 11.8 Å². The SMILES string of the molecule is CCCN(C)Cc1cn(C)nc1-c1ccc(OC(C)C)cc1. The lowest BCUT2D eigenvalue weighted by molar-refractivity contribution is 0.242. The van der Waals surface area contributed by atoms with Crippen LogP contribution >= 0.6 is 0 Å². The molecule has 0 aliphatic carbocycles. The number of nitrogens with zero attached hydrogens (tertiary/aromatic N) is 3. The van der Waals surface area contributed by atoms with Crippen molar-refractivity contribution >= 4 is 0 Å². The van der Waals surface area contributed by atoms with Crippen LogP contribution in [0.1, 0.15) is 32.8 Å². The second-order valence-electron chi connectivity index (χ2n) is 6.11. The van der Waals surface area contributed by atoms with Crippen LogP contribution in [0.5, 0.6) is 5.75 Å². The van der Waals surface area contributed by atoms with Gasteiger partial charge in [-0.1, -0.05) is 6.92 Å². The van der Waals surface area contributed by atoms with Crippen molar-refractivity contribution in [3.05, 3.63) is 36.0 Å². The first kappa shape index (κ1) is 16.6. The quantitative estimate of drug-likeness (QED) is 0.781. The first-order valence-electron chi connectivity index (χ1n) is 7.97. The molecule has 4 heteroatoms. The molecule has 0 bridgehead atoms. The van der Waals surface area contributed by atoms with Crippen LogP contribution in [0, 0.1) is 0 Å². The van der Waals surface area contributed by atoms with Gasteiger partial charge < -0.3 is 9.64 Å². The number of aromatic nitrogens is 2. The number of benzene rings is 1. The molecule has 0 radical (unpaired) electrons. The monoisotopic (exact) mass is 301 g/mol. The summed E-state index contributed by atoms with van der Waals surface area (Å²) in [5.41, 5.74) is 3.45. The third-order valence-corrected chi connectivity index (χ3v) is 3.45. The molecule has 0 fully saturated rings. The molecule has 0 saturated heterocycles. The van der Waals surface area contributed by atoms with E-state index in [0.717, 1.165) is 36.5 Å². The van der Waals surface area contributed by atoms with Gasteiger partial charge in [-0.05, 0) is 58.1 Å². The summed E-state index contributed by atoms with van der Waals surface area (Å²) >= 11 is 0. The summed E-state index contributed by atoms with van der Waals surface area (Å²) in [6.45, 7) is 8.29. The molecule has 0 spiro atoms. The minimum absolute atomic E-state index is 0.193. The molecule has 120 valence electrons. The minimum atomic E-state index is 0.193. The normalized spacial score (nSPS) is 11.4. The highest BCUT2D eigenvalue weighted by Crippen LogP contribution is 2.25. The van der Waals surface area contributed by atoms with E-state index >= 15 is 0 Å². The van der Waals surface area contributed by atoms with Gasteiger partial charge in [-0.3, -0.25) is 4.68 Å². The van der Waals surface area contributed by atoms with Crippen molar-refractivity contribution in [2.45, 2.75) is 39.8 Å². The van der Waals surface area contributed by atoms with Crippen molar-refractivity contribution in [1.82, 2.24) is 14.7 Å². The number of rotatable bonds is 7. The van der Waals surface area contributed by atoms with Crippen LogP contribution in [0.3, 0.4) is 0 Å². The molecule has 0 aliphatic rings. The van der Waals surface area contributed by atoms with E-state index in [1.807, 2.05) is 37.7 Å². The topological polar surface area (TPSA) is 30.3 Å². The lowest BCUT2D eigenvalue weighted by Gasteiger charge is -2.15. The van der Waals surface area contributed by atoms with Crippen LogP contribution in [0.15, 0.2) is 30.5 Å². The van der Waals surface area contributed by atoms with Gasteiger partial charge in [0.2, 0.25) is 0 Å². The highest BCUT2D eigenvalue weighted by Gasteiger charge is 2.12. The molecule has 1 heterocycles. The number of aryl methyl sites for hydroxylation is 1. The van der Waals surface area contributed by atoms with Gasteiger partial charge in [-0.2, -0.15) is 5.10 Å². The van der Waals surface area contributed by atoms with Gasteiger partial charge in [0.25, 0.3) is 0 Å². The third-order valence-electron chi connectivity index (χ3n) is 3.45. The van der Waals surface area contributed by atoms with Crippen molar-refractivity contribution in [2.24, 2.45) is 7.05 Å². The van der Waals surface area contributed by atoms with Gasteiger partial charge in [-0.25, -0.2) is 0 Å². The molecule has 0 N–H and O–H groups in total. The lowest BCUT2D eigenvalue weighted by Crippen LogP contribution is -2.18. The summed E-state index contributed by atoms with van der Waals surface area (Å²) in [6.07, 6.45) is 3.46. The zero-order valence-electron chi connectivity index (χ0n) is 14.3. The van der Waals surface area contributed by atoms with E-state index in [0.29, 0.717) is 0 Å². The Morgan fingerprint density at radius 2 is 1.91 bits per heavy atom. The summed E-state index contributed by atoms with van der Waals surface area (Å²) in [4.78, 5) is 2.33. The largest absolute Gasteiger partial charge is 0.491 e. The first-order chi connectivity index (χ1) is 10.5. The Hall–Kier alpha value is -1.81. The van der Waals surface area contributed by atoms with Crippen molar-refractivity contribution in [1.29, 1.82) is 0 Å². The molecule has 0 saturated carbocycles. The Kier molecular flexibility index (Phi) is 5.61. The van der Waals surface area contributed by atoms with Crippen LogP contribution in [-0.4, -0.2) is 34.4 Å². The molecule has 0 atom stereocenters. The van der Waals surface area contributed by atoms with Gasteiger partial charge >= 0.3 is 0 Å². The summed E-state index contributed by atoms with van der Waals surface area (Å²) < 4.78 is 7.59. The Bertz CT molecular complexity index is 587. The fraction of sp³-hybridized carbons (Fsp3) is 0.500. The maximum Gasteiger partial charge on any atom is 0.119 e. The Morgan fingerprint density at radius 3 is 2.50 bits per heavy atom. The second kappa shape index (κ2) is 7.45. The zero-order chi connectivity index (χ0) is 16.1. The predicted molar refractivity (Wildman–Crippen MR) is 91.0 cm³/mol. The van der Waals surface area contributed by atoms with Gasteiger partial charge in [0, 0.05) is 30.9 Å². The van der Waals surface area contributed by atoms with Crippen LogP contribution < -0.4 is 4.74 Å².